The molecule has 1 aromatic rings. The minimum Gasteiger partial charge on any atom is -0.327 e. The molecular weight excluding hydrogens is 202 g/mol. The fraction of sp³-hybridized carbons (Fsp3) is 0.692. The summed E-state index contributed by atoms with van der Waals surface area (Å²) in [6.07, 6.45) is 2.60. The zero-order chi connectivity index (χ0) is 11.0. The van der Waals surface area contributed by atoms with Crippen molar-refractivity contribution < 1.29 is 0 Å². The first-order valence-electron chi connectivity index (χ1n) is 5.91. The Bertz CT molecular complexity index is 331. The van der Waals surface area contributed by atoms with Crippen LogP contribution in [0.25, 0.3) is 0 Å². The van der Waals surface area contributed by atoms with Crippen molar-refractivity contribution in [1.82, 2.24) is 0 Å². The van der Waals surface area contributed by atoms with Gasteiger partial charge in [-0.25, -0.2) is 0 Å². The number of hydrogen-bond donors (Lipinski definition) is 1. The van der Waals surface area contributed by atoms with Crippen LogP contribution in [-0.4, -0.2) is 6.04 Å². The quantitative estimate of drug-likeness (QED) is 0.774. The molecular formula is C13H21NS. The maximum Gasteiger partial charge on any atom is 0.0144 e. The largest absolute Gasteiger partial charge is 0.327 e. The Morgan fingerprint density at radius 2 is 2.00 bits per heavy atom. The van der Waals surface area contributed by atoms with Crippen LogP contribution in [0.5, 0.6) is 0 Å². The molecule has 1 saturated carbocycles. The lowest BCUT2D eigenvalue weighted by atomic mass is 9.72. The Hall–Kier alpha value is -0.340. The summed E-state index contributed by atoms with van der Waals surface area (Å²) in [5, 5.41) is 0. The Morgan fingerprint density at radius 3 is 2.60 bits per heavy atom. The molecule has 2 heteroatoms. The van der Waals surface area contributed by atoms with Crippen LogP contribution < -0.4 is 5.73 Å². The number of aryl methyl sites for hydroxylation is 1. The summed E-state index contributed by atoms with van der Waals surface area (Å²) in [4.78, 5) is 2.90. The van der Waals surface area contributed by atoms with E-state index in [2.05, 4.69) is 32.9 Å². The molecule has 1 aliphatic carbocycles. The van der Waals surface area contributed by atoms with Gasteiger partial charge in [-0.15, -0.1) is 11.3 Å². The van der Waals surface area contributed by atoms with Gasteiger partial charge in [-0.1, -0.05) is 13.8 Å². The van der Waals surface area contributed by atoms with E-state index >= 15 is 0 Å². The summed E-state index contributed by atoms with van der Waals surface area (Å²) in [7, 11) is 0. The van der Waals surface area contributed by atoms with Crippen molar-refractivity contribution in [1.29, 1.82) is 0 Å². The molecule has 1 nitrogen and oxygen atoms in total. The third kappa shape index (κ3) is 2.11. The fourth-order valence-corrected chi connectivity index (χ4v) is 3.70. The molecule has 1 fully saturated rings. The topological polar surface area (TPSA) is 26.0 Å². The van der Waals surface area contributed by atoms with Crippen LogP contribution in [0, 0.1) is 18.8 Å². The number of thiophene rings is 1. The highest BCUT2D eigenvalue weighted by Gasteiger charge is 2.33. The van der Waals surface area contributed by atoms with E-state index in [1.165, 1.54) is 22.6 Å². The Labute approximate surface area is 96.7 Å². The van der Waals surface area contributed by atoms with Gasteiger partial charge in [0.05, 0.1) is 0 Å². The van der Waals surface area contributed by atoms with Gasteiger partial charge in [-0.2, -0.15) is 0 Å². The second-order valence-corrected chi connectivity index (χ2v) is 6.37. The van der Waals surface area contributed by atoms with Gasteiger partial charge in [0.2, 0.25) is 0 Å². The fourth-order valence-electron chi connectivity index (χ4n) is 2.63. The summed E-state index contributed by atoms with van der Waals surface area (Å²) in [5.41, 5.74) is 6.36. The molecule has 0 saturated heterocycles. The smallest absolute Gasteiger partial charge is 0.0144 e. The first-order chi connectivity index (χ1) is 7.09. The lowest BCUT2D eigenvalue weighted by Crippen LogP contribution is -2.41. The lowest BCUT2D eigenvalue weighted by molar-refractivity contribution is 0.214. The van der Waals surface area contributed by atoms with Gasteiger partial charge >= 0.3 is 0 Å². The predicted octanol–water partition coefficient (Wildman–Crippen LogP) is 3.53. The van der Waals surface area contributed by atoms with Crippen molar-refractivity contribution >= 4 is 11.3 Å². The van der Waals surface area contributed by atoms with Gasteiger partial charge in [-0.3, -0.25) is 0 Å². The van der Waals surface area contributed by atoms with Crippen molar-refractivity contribution in [2.24, 2.45) is 17.6 Å². The summed E-state index contributed by atoms with van der Waals surface area (Å²) in [6.45, 7) is 6.82. The zero-order valence-corrected chi connectivity index (χ0v) is 10.7. The van der Waals surface area contributed by atoms with Gasteiger partial charge in [-0.05, 0) is 43.7 Å². The normalized spacial score (nSPS) is 36.8. The van der Waals surface area contributed by atoms with E-state index in [1.54, 1.807) is 0 Å². The second kappa shape index (κ2) is 4.26. The molecule has 1 aromatic heterocycles. The molecule has 4 atom stereocenters. The molecule has 15 heavy (non-hydrogen) atoms. The first-order valence-corrected chi connectivity index (χ1v) is 6.73. The van der Waals surface area contributed by atoms with Gasteiger partial charge in [0.1, 0.15) is 0 Å². The van der Waals surface area contributed by atoms with Crippen molar-refractivity contribution in [2.45, 2.75) is 45.6 Å². The Morgan fingerprint density at radius 1 is 1.27 bits per heavy atom. The monoisotopic (exact) mass is 223 g/mol. The van der Waals surface area contributed by atoms with E-state index in [0.717, 1.165) is 5.92 Å². The molecule has 1 aliphatic rings. The average Bonchev–Trinajstić information content (AvgIpc) is 2.61. The molecule has 0 spiro atoms. The van der Waals surface area contributed by atoms with Crippen LogP contribution in [0.2, 0.25) is 0 Å². The van der Waals surface area contributed by atoms with Gasteiger partial charge in [0.15, 0.2) is 0 Å². The summed E-state index contributed by atoms with van der Waals surface area (Å²) in [6, 6.07) is 4.84. The first kappa shape index (κ1) is 11.2. The maximum absolute atomic E-state index is 6.36. The summed E-state index contributed by atoms with van der Waals surface area (Å²) < 4.78 is 0. The number of nitrogens with two attached hydrogens (primary N) is 1. The highest BCUT2D eigenvalue weighted by molar-refractivity contribution is 7.12. The van der Waals surface area contributed by atoms with Crippen LogP contribution in [0.4, 0.5) is 0 Å². The minimum atomic E-state index is 0.354. The average molecular weight is 223 g/mol. The van der Waals surface area contributed by atoms with Crippen LogP contribution in [0.15, 0.2) is 12.1 Å². The Balaban J connectivity index is 2.17. The number of hydrogen-bond acceptors (Lipinski definition) is 2. The van der Waals surface area contributed by atoms with Crippen LogP contribution in [0.1, 0.15) is 42.4 Å². The predicted molar refractivity (Wildman–Crippen MR) is 67.3 cm³/mol. The van der Waals surface area contributed by atoms with E-state index < -0.39 is 0 Å². The van der Waals surface area contributed by atoms with E-state index in [-0.39, 0.29) is 0 Å². The molecule has 84 valence electrons. The maximum atomic E-state index is 6.36. The standard InChI is InChI=1S/C13H21NS/c1-8-4-6-11(13(14)10(8)3)12-7-5-9(2)15-12/h5,7-8,10-11,13H,4,6,14H2,1-3H3/t8?,10?,11?,13-/m1/s1. The summed E-state index contributed by atoms with van der Waals surface area (Å²) in [5.74, 6) is 2.05. The molecule has 2 rings (SSSR count). The molecule has 3 unspecified atom stereocenters. The Kier molecular flexibility index (Phi) is 3.17. The molecule has 0 aromatic carbocycles. The summed E-state index contributed by atoms with van der Waals surface area (Å²) >= 11 is 1.92. The minimum absolute atomic E-state index is 0.354. The highest BCUT2D eigenvalue weighted by atomic mass is 32.1. The van der Waals surface area contributed by atoms with E-state index in [1.807, 2.05) is 11.3 Å². The molecule has 2 N–H and O–H groups in total. The number of rotatable bonds is 1. The van der Waals surface area contributed by atoms with Gasteiger partial charge in [0.25, 0.3) is 0 Å². The third-order valence-corrected chi connectivity index (χ3v) is 5.16. The van der Waals surface area contributed by atoms with Crippen LogP contribution in [0.3, 0.4) is 0 Å². The zero-order valence-electron chi connectivity index (χ0n) is 9.86. The second-order valence-electron chi connectivity index (χ2n) is 5.05. The lowest BCUT2D eigenvalue weighted by Gasteiger charge is -2.37. The SMILES string of the molecule is Cc1ccc(C2CCC(C)C(C)[C@H]2N)s1. The van der Waals surface area contributed by atoms with E-state index in [4.69, 9.17) is 5.73 Å². The van der Waals surface area contributed by atoms with Gasteiger partial charge in [0, 0.05) is 21.7 Å². The van der Waals surface area contributed by atoms with Crippen molar-refractivity contribution in [3.05, 3.63) is 21.9 Å². The van der Waals surface area contributed by atoms with Crippen molar-refractivity contribution in [3.8, 4) is 0 Å². The molecule has 0 amide bonds. The molecule has 0 radical (unpaired) electrons. The highest BCUT2D eigenvalue weighted by Crippen LogP contribution is 2.40. The van der Waals surface area contributed by atoms with Crippen molar-refractivity contribution in [3.63, 3.8) is 0 Å². The molecule has 0 bridgehead atoms. The van der Waals surface area contributed by atoms with E-state index in [0.29, 0.717) is 17.9 Å². The van der Waals surface area contributed by atoms with Crippen LogP contribution in [-0.2, 0) is 0 Å². The van der Waals surface area contributed by atoms with E-state index in [9.17, 15) is 0 Å². The van der Waals surface area contributed by atoms with Crippen molar-refractivity contribution in [2.75, 3.05) is 0 Å². The third-order valence-electron chi connectivity index (χ3n) is 4.03. The molecule has 0 aliphatic heterocycles. The molecule has 1 heterocycles. The van der Waals surface area contributed by atoms with Gasteiger partial charge < -0.3 is 5.73 Å². The van der Waals surface area contributed by atoms with Crippen LogP contribution >= 0.6 is 11.3 Å².